The van der Waals surface area contributed by atoms with Gasteiger partial charge in [-0.05, 0) is 98.3 Å². The lowest BCUT2D eigenvalue weighted by Gasteiger charge is -2.37. The number of phenolic OH excluding ortho intramolecular Hbond substituents is 1. The largest absolute Gasteiger partial charge is 0.507 e. The maximum absolute atomic E-state index is 12.8. The third kappa shape index (κ3) is 5.03. The van der Waals surface area contributed by atoms with E-state index in [1.165, 1.54) is 4.90 Å². The van der Waals surface area contributed by atoms with Crippen LogP contribution in [0.5, 0.6) is 17.2 Å². The van der Waals surface area contributed by atoms with E-state index in [1.807, 2.05) is 82.3 Å². The second-order valence-electron chi connectivity index (χ2n) is 10.2. The van der Waals surface area contributed by atoms with Crippen LogP contribution in [0, 0.1) is 20.8 Å². The van der Waals surface area contributed by atoms with Gasteiger partial charge in [0.05, 0.1) is 11.4 Å². The van der Waals surface area contributed by atoms with E-state index in [4.69, 9.17) is 9.47 Å². The summed E-state index contributed by atoms with van der Waals surface area (Å²) in [5, 5.41) is 10.2. The van der Waals surface area contributed by atoms with Crippen LogP contribution in [-0.4, -0.2) is 33.4 Å². The van der Waals surface area contributed by atoms with Gasteiger partial charge in [0.2, 0.25) is 0 Å². The normalized spacial score (nSPS) is 20.0. The molecule has 0 radical (unpaired) electrons. The van der Waals surface area contributed by atoms with Crippen LogP contribution >= 0.6 is 11.8 Å². The first-order valence-corrected chi connectivity index (χ1v) is 13.5. The summed E-state index contributed by atoms with van der Waals surface area (Å²) in [6, 6.07) is 17.0. The van der Waals surface area contributed by atoms with Crippen molar-refractivity contribution in [3.63, 3.8) is 0 Å². The van der Waals surface area contributed by atoms with Crippen molar-refractivity contribution < 1.29 is 24.2 Å². The Balaban J connectivity index is 1.23. The molecule has 6 nitrogen and oxygen atoms in total. The van der Waals surface area contributed by atoms with Crippen molar-refractivity contribution in [3.8, 4) is 17.2 Å². The van der Waals surface area contributed by atoms with Crippen LogP contribution in [-0.2, 0) is 17.8 Å². The van der Waals surface area contributed by atoms with Gasteiger partial charge < -0.3 is 14.6 Å². The smallest absolute Gasteiger partial charge is 0.293 e. The van der Waals surface area contributed by atoms with Crippen molar-refractivity contribution in [1.29, 1.82) is 0 Å². The second kappa shape index (κ2) is 10.2. The van der Waals surface area contributed by atoms with Gasteiger partial charge >= 0.3 is 0 Å². The highest BCUT2D eigenvalue weighted by atomic mass is 32.2. The number of thioether (sulfide) groups is 1. The summed E-state index contributed by atoms with van der Waals surface area (Å²) in [7, 11) is 0. The highest BCUT2D eigenvalue weighted by molar-refractivity contribution is 8.18. The lowest BCUT2D eigenvalue weighted by atomic mass is 9.87. The average molecular weight is 530 g/mol. The molecule has 38 heavy (non-hydrogen) atoms. The summed E-state index contributed by atoms with van der Waals surface area (Å²) in [5.74, 6) is 1.63. The zero-order valence-electron chi connectivity index (χ0n) is 22.0. The standard InChI is InChI=1S/C31H31NO5S/c1-19-20(2)28-25(21(3)27(19)33)14-15-31(4,37-28)18-36-24-12-10-22(11-13-24)16-26-29(34)32(30(35)38-26)17-23-8-6-5-7-9-23/h5-13,16,33H,14-15,17-18H2,1-4H3/b26-16+. The number of ether oxygens (including phenoxy) is 2. The third-order valence-corrected chi connectivity index (χ3v) is 8.28. The first kappa shape index (κ1) is 25.9. The predicted octanol–water partition coefficient (Wildman–Crippen LogP) is 6.72. The van der Waals surface area contributed by atoms with Gasteiger partial charge in [-0.15, -0.1) is 0 Å². The topological polar surface area (TPSA) is 76.1 Å². The van der Waals surface area contributed by atoms with E-state index in [2.05, 4.69) is 0 Å². The minimum atomic E-state index is -0.496. The molecule has 2 aliphatic heterocycles. The molecule has 2 heterocycles. The Morgan fingerprint density at radius 3 is 2.45 bits per heavy atom. The molecule has 0 saturated carbocycles. The van der Waals surface area contributed by atoms with Crippen LogP contribution < -0.4 is 9.47 Å². The maximum Gasteiger partial charge on any atom is 0.293 e. The maximum atomic E-state index is 12.8. The summed E-state index contributed by atoms with van der Waals surface area (Å²) in [6.45, 7) is 8.52. The molecule has 3 aromatic rings. The van der Waals surface area contributed by atoms with Crippen LogP contribution in [0.15, 0.2) is 59.5 Å². The number of aromatic hydroxyl groups is 1. The Labute approximate surface area is 227 Å². The van der Waals surface area contributed by atoms with Crippen molar-refractivity contribution in [3.05, 3.63) is 92.9 Å². The number of rotatable bonds is 6. The monoisotopic (exact) mass is 529 g/mol. The first-order chi connectivity index (χ1) is 18.1. The van der Waals surface area contributed by atoms with Gasteiger partial charge in [0.1, 0.15) is 29.5 Å². The second-order valence-corrected chi connectivity index (χ2v) is 11.2. The lowest BCUT2D eigenvalue weighted by Crippen LogP contribution is -2.42. The van der Waals surface area contributed by atoms with E-state index in [1.54, 1.807) is 6.08 Å². The van der Waals surface area contributed by atoms with E-state index < -0.39 is 5.60 Å². The first-order valence-electron chi connectivity index (χ1n) is 12.7. The lowest BCUT2D eigenvalue weighted by molar-refractivity contribution is -0.123. The summed E-state index contributed by atoms with van der Waals surface area (Å²) in [6.07, 6.45) is 3.33. The number of benzene rings is 3. The molecule has 1 atom stereocenters. The molecule has 1 fully saturated rings. The van der Waals surface area contributed by atoms with E-state index in [0.717, 1.165) is 63.7 Å². The molecule has 0 spiro atoms. The molecular weight excluding hydrogens is 498 g/mol. The number of carbonyl (C=O) groups excluding carboxylic acids is 2. The Morgan fingerprint density at radius 2 is 1.74 bits per heavy atom. The highest BCUT2D eigenvalue weighted by Crippen LogP contribution is 2.43. The van der Waals surface area contributed by atoms with Crippen molar-refractivity contribution in [2.45, 2.75) is 52.7 Å². The molecule has 1 saturated heterocycles. The van der Waals surface area contributed by atoms with Crippen molar-refractivity contribution in [1.82, 2.24) is 4.90 Å². The summed E-state index contributed by atoms with van der Waals surface area (Å²) < 4.78 is 12.6. The van der Waals surface area contributed by atoms with E-state index >= 15 is 0 Å². The fourth-order valence-corrected chi connectivity index (χ4v) is 5.68. The van der Waals surface area contributed by atoms with Gasteiger partial charge in [-0.2, -0.15) is 0 Å². The zero-order valence-corrected chi connectivity index (χ0v) is 22.9. The van der Waals surface area contributed by atoms with Crippen LogP contribution in [0.3, 0.4) is 0 Å². The molecule has 1 N–H and O–H groups in total. The van der Waals surface area contributed by atoms with E-state index in [0.29, 0.717) is 23.0 Å². The van der Waals surface area contributed by atoms with Crippen molar-refractivity contribution in [2.24, 2.45) is 0 Å². The van der Waals surface area contributed by atoms with Gasteiger partial charge in [0.25, 0.3) is 11.1 Å². The van der Waals surface area contributed by atoms with Crippen molar-refractivity contribution >= 4 is 29.0 Å². The minimum Gasteiger partial charge on any atom is -0.507 e. The minimum absolute atomic E-state index is 0.261. The van der Waals surface area contributed by atoms with Crippen LogP contribution in [0.2, 0.25) is 0 Å². The summed E-state index contributed by atoms with van der Waals surface area (Å²) >= 11 is 0.962. The fourth-order valence-electron chi connectivity index (χ4n) is 4.85. The number of carbonyl (C=O) groups is 2. The number of hydrogen-bond donors (Lipinski definition) is 1. The number of phenols is 1. The Kier molecular flexibility index (Phi) is 6.97. The molecule has 7 heteroatoms. The van der Waals surface area contributed by atoms with E-state index in [-0.39, 0.29) is 17.7 Å². The predicted molar refractivity (Wildman–Crippen MR) is 150 cm³/mol. The third-order valence-electron chi connectivity index (χ3n) is 7.37. The number of fused-ring (bicyclic) bond motifs is 1. The van der Waals surface area contributed by atoms with E-state index in [9.17, 15) is 14.7 Å². The van der Waals surface area contributed by atoms with Crippen LogP contribution in [0.4, 0.5) is 4.79 Å². The van der Waals surface area contributed by atoms with Crippen molar-refractivity contribution in [2.75, 3.05) is 6.61 Å². The molecule has 0 aromatic heterocycles. The molecule has 0 aliphatic carbocycles. The SMILES string of the molecule is Cc1c(C)c2c(c(C)c1O)CCC(C)(COc1ccc(/C=C3/SC(=O)N(Cc4ccccc4)C3=O)cc1)O2. The molecule has 5 rings (SSSR count). The molecule has 196 valence electrons. The summed E-state index contributed by atoms with van der Waals surface area (Å²) in [4.78, 5) is 27.0. The van der Waals surface area contributed by atoms with Gasteiger partial charge in [0, 0.05) is 5.56 Å². The van der Waals surface area contributed by atoms with Gasteiger partial charge in [-0.25, -0.2) is 0 Å². The number of amides is 2. The van der Waals surface area contributed by atoms with Gasteiger partial charge in [-0.1, -0.05) is 42.5 Å². The Hall–Kier alpha value is -3.71. The van der Waals surface area contributed by atoms with Gasteiger partial charge in [-0.3, -0.25) is 14.5 Å². The van der Waals surface area contributed by atoms with Gasteiger partial charge in [0.15, 0.2) is 0 Å². The number of hydrogen-bond acceptors (Lipinski definition) is 6. The molecule has 3 aromatic carbocycles. The molecule has 1 unspecified atom stereocenters. The highest BCUT2D eigenvalue weighted by Gasteiger charge is 2.36. The molecular formula is C31H31NO5S. The average Bonchev–Trinajstić information content (AvgIpc) is 3.18. The Morgan fingerprint density at radius 1 is 1.03 bits per heavy atom. The number of imide groups is 1. The summed E-state index contributed by atoms with van der Waals surface area (Å²) in [5.41, 5.74) is 5.00. The van der Waals surface area contributed by atoms with Crippen LogP contribution in [0.25, 0.3) is 6.08 Å². The molecule has 2 aliphatic rings. The molecule has 0 bridgehead atoms. The Bertz CT molecular complexity index is 1430. The zero-order chi connectivity index (χ0) is 27.0. The van der Waals surface area contributed by atoms with Crippen LogP contribution in [0.1, 0.15) is 46.7 Å². The quantitative estimate of drug-likeness (QED) is 0.358. The molecule has 2 amide bonds. The fraction of sp³-hybridized carbons (Fsp3) is 0.290. The number of nitrogens with zero attached hydrogens (tertiary/aromatic N) is 1.